The molecule has 0 saturated carbocycles. The van der Waals surface area contributed by atoms with Crippen LogP contribution in [0, 0.1) is 10.8 Å². The highest BCUT2D eigenvalue weighted by Crippen LogP contribution is 2.41. The summed E-state index contributed by atoms with van der Waals surface area (Å²) < 4.78 is 58.2. The molecule has 0 amide bonds. The maximum atomic E-state index is 10.9. The molecule has 0 spiro atoms. The molecule has 0 heterocycles. The summed E-state index contributed by atoms with van der Waals surface area (Å²) in [7, 11) is -7.35. The van der Waals surface area contributed by atoms with Crippen molar-refractivity contribution in [3.8, 4) is 0 Å². The second kappa shape index (κ2) is 11.0. The van der Waals surface area contributed by atoms with Crippen molar-refractivity contribution in [1.82, 2.24) is 0 Å². The van der Waals surface area contributed by atoms with Gasteiger partial charge in [0.15, 0.2) is 0 Å². The van der Waals surface area contributed by atoms with Crippen molar-refractivity contribution in [3.05, 3.63) is 0 Å². The molecule has 6 nitrogen and oxygen atoms in total. The zero-order chi connectivity index (χ0) is 19.8. The van der Waals surface area contributed by atoms with Gasteiger partial charge in [0.1, 0.15) is 0 Å². The molecule has 154 valence electrons. The number of rotatable bonds is 14. The van der Waals surface area contributed by atoms with Crippen LogP contribution in [0.5, 0.6) is 0 Å². The van der Waals surface area contributed by atoms with Crippen LogP contribution in [0.1, 0.15) is 47.0 Å². The van der Waals surface area contributed by atoms with E-state index in [0.717, 1.165) is 42.3 Å². The van der Waals surface area contributed by atoms with Crippen molar-refractivity contribution in [2.75, 3.05) is 34.5 Å². The van der Waals surface area contributed by atoms with Gasteiger partial charge < -0.3 is 13.7 Å². The van der Waals surface area contributed by atoms with Crippen LogP contribution in [0.3, 0.4) is 0 Å². The van der Waals surface area contributed by atoms with Crippen LogP contribution < -0.4 is 0 Å². The van der Waals surface area contributed by atoms with E-state index in [1.165, 1.54) is 0 Å². The van der Waals surface area contributed by atoms with Crippen molar-refractivity contribution < 1.29 is 26.6 Å². The lowest BCUT2D eigenvalue weighted by molar-refractivity contribution is 0.328. The summed E-state index contributed by atoms with van der Waals surface area (Å²) >= 11 is 3.61. The predicted molar refractivity (Wildman–Crippen MR) is 113 cm³/mol. The minimum Gasteiger partial charge on any atom is -0.308 e. The van der Waals surface area contributed by atoms with Crippen molar-refractivity contribution in [2.24, 2.45) is 10.8 Å². The van der Waals surface area contributed by atoms with Gasteiger partial charge >= 0.3 is 0 Å². The van der Waals surface area contributed by atoms with Crippen molar-refractivity contribution >= 4 is 44.5 Å². The molecule has 0 radical (unpaired) electrons. The third kappa shape index (κ3) is 18.0. The van der Waals surface area contributed by atoms with E-state index < -0.39 is 26.4 Å². The molecule has 0 rings (SSSR count). The van der Waals surface area contributed by atoms with Gasteiger partial charge in [0, 0.05) is 0 Å². The van der Waals surface area contributed by atoms with Gasteiger partial charge in [-0.15, -0.1) is 0 Å². The first-order chi connectivity index (χ1) is 11.1. The van der Waals surface area contributed by atoms with E-state index in [9.17, 15) is 8.42 Å². The van der Waals surface area contributed by atoms with E-state index in [0.29, 0.717) is 0 Å². The highest BCUT2D eigenvalue weighted by Gasteiger charge is 2.27. The zero-order valence-corrected chi connectivity index (χ0v) is 18.9. The Kier molecular flexibility index (Phi) is 11.4. The molecule has 10 heteroatoms. The highest BCUT2D eigenvalue weighted by molar-refractivity contribution is 8.19. The molecule has 0 aromatic heterocycles. The number of hydrogen-bond donors (Lipinski definition) is 4. The predicted octanol–water partition coefficient (Wildman–Crippen LogP) is 4.79. The largest absolute Gasteiger partial charge is 0.308 e. The third-order valence-corrected chi connectivity index (χ3v) is 8.04. The van der Waals surface area contributed by atoms with E-state index in [1.807, 2.05) is 39.5 Å². The molecule has 0 fully saturated rings. The van der Waals surface area contributed by atoms with Gasteiger partial charge in [-0.3, -0.25) is 4.55 Å². The molecule has 0 unspecified atom stereocenters. The van der Waals surface area contributed by atoms with E-state index in [1.54, 1.807) is 11.8 Å². The van der Waals surface area contributed by atoms with Crippen LogP contribution in [0.2, 0.25) is 0 Å². The average Bonchev–Trinajstić information content (AvgIpc) is 2.30. The first-order valence-corrected chi connectivity index (χ1v) is 13.8. The number of hydrogen-bond acceptors (Lipinski definition) is 7. The standard InChI is InChI=1S/C15H34O6S4/c1-14(2,12-24(16,17)18)6-10-22-8-5-9-23-11-7-15(3,4)13-25(19,20)21/h16-18H,5-13H2,1-4H3,(H,19,20,21). The van der Waals surface area contributed by atoms with E-state index in [2.05, 4.69) is 0 Å². The molecule has 0 atom stereocenters. The lowest BCUT2D eigenvalue weighted by Gasteiger charge is -2.31. The maximum absolute atomic E-state index is 10.9. The van der Waals surface area contributed by atoms with Gasteiger partial charge in [0.25, 0.3) is 10.1 Å². The second-order valence-corrected chi connectivity index (χ2v) is 13.4. The first kappa shape index (κ1) is 25.8. The second-order valence-electron chi connectivity index (χ2n) is 7.91. The molecular weight excluding hydrogens is 404 g/mol. The van der Waals surface area contributed by atoms with E-state index >= 15 is 0 Å². The molecule has 0 saturated heterocycles. The number of thioether (sulfide) groups is 2. The Morgan fingerprint density at radius 1 is 0.720 bits per heavy atom. The Morgan fingerprint density at radius 2 is 1.12 bits per heavy atom. The lowest BCUT2D eigenvalue weighted by atomic mass is 9.93. The van der Waals surface area contributed by atoms with Gasteiger partial charge in [-0.25, -0.2) is 0 Å². The summed E-state index contributed by atoms with van der Waals surface area (Å²) in [5.41, 5.74) is -0.710. The molecule has 0 aromatic carbocycles. The summed E-state index contributed by atoms with van der Waals surface area (Å²) in [6, 6.07) is 0. The van der Waals surface area contributed by atoms with Crippen LogP contribution in [0.15, 0.2) is 0 Å². The Bertz CT molecular complexity index is 471. The van der Waals surface area contributed by atoms with Crippen LogP contribution in [-0.4, -0.2) is 61.1 Å². The molecule has 25 heavy (non-hydrogen) atoms. The molecule has 0 aliphatic rings. The van der Waals surface area contributed by atoms with Gasteiger partial charge in [-0.1, -0.05) is 27.7 Å². The SMILES string of the molecule is CC(C)(CCSCCCSCCC(C)(C)CS(=O)(=O)O)CS(O)(O)O. The fourth-order valence-corrected chi connectivity index (χ4v) is 7.33. The minimum atomic E-state index is -3.92. The van der Waals surface area contributed by atoms with Crippen molar-refractivity contribution in [1.29, 1.82) is 0 Å². The highest BCUT2D eigenvalue weighted by atomic mass is 32.3. The monoisotopic (exact) mass is 438 g/mol. The molecule has 0 aliphatic carbocycles. The van der Waals surface area contributed by atoms with Crippen LogP contribution >= 0.6 is 34.4 Å². The van der Waals surface area contributed by atoms with Gasteiger partial charge in [0.05, 0.1) is 22.4 Å². The summed E-state index contributed by atoms with van der Waals surface area (Å²) in [5.74, 6) is 3.62. The summed E-state index contributed by atoms with van der Waals surface area (Å²) in [6.45, 7) is 7.53. The smallest absolute Gasteiger partial charge is 0.265 e. The summed E-state index contributed by atoms with van der Waals surface area (Å²) in [5, 5.41) is 0. The molecule has 0 bridgehead atoms. The van der Waals surface area contributed by atoms with Crippen LogP contribution in [0.25, 0.3) is 0 Å². The zero-order valence-electron chi connectivity index (χ0n) is 15.6. The fraction of sp³-hybridized carbons (Fsp3) is 1.00. The maximum Gasteiger partial charge on any atom is 0.265 e. The third-order valence-electron chi connectivity index (χ3n) is 3.58. The first-order valence-electron chi connectivity index (χ1n) is 8.21. The summed E-state index contributed by atoms with van der Waals surface area (Å²) in [4.78, 5) is 0. The van der Waals surface area contributed by atoms with Crippen LogP contribution in [0.4, 0.5) is 0 Å². The Balaban J connectivity index is 3.69. The van der Waals surface area contributed by atoms with Crippen LogP contribution in [-0.2, 0) is 10.1 Å². The van der Waals surface area contributed by atoms with Crippen molar-refractivity contribution in [2.45, 2.75) is 47.0 Å². The quantitative estimate of drug-likeness (QED) is 0.226. The molecule has 4 N–H and O–H groups in total. The molecular formula is C15H34O6S4. The fourth-order valence-electron chi connectivity index (χ4n) is 2.33. The molecule has 0 aliphatic heterocycles. The normalized spacial score (nSPS) is 14.7. The van der Waals surface area contributed by atoms with Gasteiger partial charge in [-0.2, -0.15) is 31.9 Å². The Morgan fingerprint density at radius 3 is 1.48 bits per heavy atom. The van der Waals surface area contributed by atoms with E-state index in [4.69, 9.17) is 18.2 Å². The minimum absolute atomic E-state index is 0.00968. The lowest BCUT2D eigenvalue weighted by Crippen LogP contribution is -2.24. The van der Waals surface area contributed by atoms with Crippen molar-refractivity contribution in [3.63, 3.8) is 0 Å². The average molecular weight is 439 g/mol. The topological polar surface area (TPSA) is 115 Å². The summed E-state index contributed by atoms with van der Waals surface area (Å²) in [6.07, 6.45) is 2.61. The van der Waals surface area contributed by atoms with E-state index in [-0.39, 0.29) is 16.9 Å². The van der Waals surface area contributed by atoms with Gasteiger partial charge in [0.2, 0.25) is 0 Å². The molecule has 0 aromatic rings. The van der Waals surface area contributed by atoms with Gasteiger partial charge in [-0.05, 0) is 53.1 Å². The Hall–Kier alpha value is 0.840. The Labute approximate surface area is 163 Å².